The predicted octanol–water partition coefficient (Wildman–Crippen LogP) is 6.58. The molecule has 12 heteroatoms. The van der Waals surface area contributed by atoms with Crippen LogP contribution in [-0.4, -0.2) is 41.8 Å². The summed E-state index contributed by atoms with van der Waals surface area (Å²) >= 11 is 0. The average Bonchev–Trinajstić information content (AvgIpc) is 3.57. The Morgan fingerprint density at radius 3 is 2.32 bits per heavy atom. The fourth-order valence-electron chi connectivity index (χ4n) is 3.69. The zero-order valence-electron chi connectivity index (χ0n) is 21.2. The van der Waals surface area contributed by atoms with Gasteiger partial charge in [-0.2, -0.15) is 5.21 Å². The van der Waals surface area contributed by atoms with E-state index in [0.717, 1.165) is 16.7 Å². The second-order valence-electron chi connectivity index (χ2n) is 9.28. The second kappa shape index (κ2) is 11.1. The van der Waals surface area contributed by atoms with Crippen LogP contribution in [0.5, 0.6) is 0 Å². The largest absolute Gasteiger partial charge is 0.455 e. The summed E-state index contributed by atoms with van der Waals surface area (Å²) in [7, 11) is 0.114. The van der Waals surface area contributed by atoms with Gasteiger partial charge in [-0.25, -0.2) is 4.39 Å². The molecule has 0 atom stereocenters. The molecule has 10 nitrogen and oxygen atoms in total. The minimum absolute atomic E-state index is 0.282. The lowest BCUT2D eigenvalue weighted by atomic mass is 9.99. The van der Waals surface area contributed by atoms with Gasteiger partial charge >= 0.3 is 0 Å². The van der Waals surface area contributed by atoms with E-state index in [0.29, 0.717) is 33.7 Å². The number of nitrogens with zero attached hydrogens (tertiary/aromatic N) is 6. The maximum atomic E-state index is 13.4. The third-order valence-corrected chi connectivity index (χ3v) is 6.08. The summed E-state index contributed by atoms with van der Waals surface area (Å²) in [4.78, 5) is 15.4. The van der Waals surface area contributed by atoms with Gasteiger partial charge in [0.05, 0.1) is 5.56 Å². The van der Waals surface area contributed by atoms with Crippen LogP contribution in [0.15, 0.2) is 75.9 Å². The normalized spacial score (nSPS) is 10.9. The molecule has 0 saturated heterocycles. The fraction of sp³-hybridized carbons (Fsp3) is 0.154. The van der Waals surface area contributed by atoms with E-state index >= 15 is 0 Å². The van der Waals surface area contributed by atoms with Crippen molar-refractivity contribution in [3.8, 4) is 33.8 Å². The SMILES string of the molecule is CNC(=O)c1c(-c2ccc(F)cc2)oc2ccc(-c3cccc(-c4nn[nH]n4)c3)cc12.C[Si](C)(C)N=[N+]=[N-]. The van der Waals surface area contributed by atoms with E-state index in [9.17, 15) is 9.18 Å². The zero-order chi connectivity index (χ0) is 27.3. The van der Waals surface area contributed by atoms with Crippen molar-refractivity contribution in [1.29, 1.82) is 0 Å². The monoisotopic (exact) mass is 528 g/mol. The lowest BCUT2D eigenvalue weighted by molar-refractivity contribution is 0.0964. The van der Waals surface area contributed by atoms with Crippen LogP contribution in [0.25, 0.3) is 55.3 Å². The number of nitrogens with one attached hydrogen (secondary N) is 2. The van der Waals surface area contributed by atoms with Gasteiger partial charge in [0.2, 0.25) is 5.82 Å². The molecular formula is C26H25FN8O2Si. The Hall–Kier alpha value is -4.80. The van der Waals surface area contributed by atoms with Crippen molar-refractivity contribution in [2.45, 2.75) is 19.6 Å². The van der Waals surface area contributed by atoms with E-state index in [1.807, 2.05) is 62.1 Å². The molecule has 38 heavy (non-hydrogen) atoms. The lowest BCUT2D eigenvalue weighted by Crippen LogP contribution is -2.18. The fourth-order valence-corrected chi connectivity index (χ4v) is 3.96. The summed E-state index contributed by atoms with van der Waals surface area (Å²) in [6, 6.07) is 19.2. The molecule has 3 aromatic carbocycles. The molecule has 0 aliphatic rings. The van der Waals surface area contributed by atoms with Crippen LogP contribution in [0.4, 0.5) is 4.39 Å². The number of azide groups is 1. The van der Waals surface area contributed by atoms with Crippen LogP contribution in [0.3, 0.4) is 0 Å². The molecule has 0 unspecified atom stereocenters. The van der Waals surface area contributed by atoms with E-state index in [2.05, 4.69) is 35.6 Å². The van der Waals surface area contributed by atoms with Crippen LogP contribution in [0, 0.1) is 5.82 Å². The topological polar surface area (TPSA) is 145 Å². The Morgan fingerprint density at radius 2 is 1.71 bits per heavy atom. The van der Waals surface area contributed by atoms with E-state index < -0.39 is 8.24 Å². The van der Waals surface area contributed by atoms with Crippen LogP contribution in [-0.2, 0) is 0 Å². The maximum Gasteiger partial charge on any atom is 0.255 e. The molecule has 0 saturated carbocycles. The predicted molar refractivity (Wildman–Crippen MR) is 146 cm³/mol. The molecule has 0 fully saturated rings. The van der Waals surface area contributed by atoms with Gasteiger partial charge in [0.15, 0.2) is 0 Å². The van der Waals surface area contributed by atoms with Gasteiger partial charge in [-0.3, -0.25) is 4.79 Å². The van der Waals surface area contributed by atoms with Crippen LogP contribution in [0.1, 0.15) is 10.4 Å². The van der Waals surface area contributed by atoms with Gasteiger partial charge in [0.1, 0.15) is 25.4 Å². The summed E-state index contributed by atoms with van der Waals surface area (Å²) in [6.45, 7) is 5.98. The van der Waals surface area contributed by atoms with Crippen molar-refractivity contribution >= 4 is 25.1 Å². The number of H-pyrrole nitrogens is 1. The van der Waals surface area contributed by atoms with E-state index in [1.54, 1.807) is 19.2 Å². The molecule has 0 aliphatic carbocycles. The Kier molecular flexibility index (Phi) is 7.65. The number of fused-ring (bicyclic) bond motifs is 1. The van der Waals surface area contributed by atoms with Crippen molar-refractivity contribution in [2.24, 2.45) is 4.78 Å². The third-order valence-electron chi connectivity index (χ3n) is 5.39. The minimum Gasteiger partial charge on any atom is -0.455 e. The molecule has 1 amide bonds. The van der Waals surface area contributed by atoms with Crippen molar-refractivity contribution in [3.63, 3.8) is 0 Å². The number of carbonyl (C=O) groups excluding carboxylic acids is 1. The molecule has 2 heterocycles. The highest BCUT2D eigenvalue weighted by Crippen LogP contribution is 2.36. The number of rotatable bonds is 5. The highest BCUT2D eigenvalue weighted by Gasteiger charge is 2.22. The van der Waals surface area contributed by atoms with E-state index in [4.69, 9.17) is 9.95 Å². The van der Waals surface area contributed by atoms with Crippen LogP contribution < -0.4 is 5.32 Å². The molecule has 0 bridgehead atoms. The quantitative estimate of drug-likeness (QED) is 0.115. The first kappa shape index (κ1) is 26.3. The highest BCUT2D eigenvalue weighted by molar-refractivity contribution is 6.74. The number of aromatic nitrogens is 4. The number of amides is 1. The van der Waals surface area contributed by atoms with Gasteiger partial charge in [0.25, 0.3) is 5.91 Å². The molecule has 5 rings (SSSR count). The minimum atomic E-state index is -1.45. The average molecular weight is 529 g/mol. The summed E-state index contributed by atoms with van der Waals surface area (Å²) < 4.78 is 23.0. The summed E-state index contributed by atoms with van der Waals surface area (Å²) in [5.41, 5.74) is 12.1. The van der Waals surface area contributed by atoms with Gasteiger partial charge in [-0.05, 0) is 69.2 Å². The van der Waals surface area contributed by atoms with Gasteiger partial charge < -0.3 is 9.73 Å². The molecule has 2 aromatic heterocycles. The number of benzene rings is 3. The maximum absolute atomic E-state index is 13.4. The number of carbonyl (C=O) groups is 1. The molecule has 0 radical (unpaired) electrons. The molecule has 0 spiro atoms. The third kappa shape index (κ3) is 5.94. The molecule has 2 N–H and O–H groups in total. The van der Waals surface area contributed by atoms with Gasteiger partial charge in [0, 0.05) is 23.6 Å². The first-order chi connectivity index (χ1) is 18.2. The Labute approximate surface area is 218 Å². The molecule has 0 aliphatic heterocycles. The number of tetrazole rings is 1. The van der Waals surface area contributed by atoms with Crippen molar-refractivity contribution in [2.75, 3.05) is 7.05 Å². The Morgan fingerprint density at radius 1 is 1.03 bits per heavy atom. The first-order valence-corrected chi connectivity index (χ1v) is 15.1. The number of hydrogen-bond acceptors (Lipinski definition) is 6. The molecule has 5 aromatic rings. The molecule has 192 valence electrons. The molecular weight excluding hydrogens is 503 g/mol. The number of aromatic amines is 1. The summed E-state index contributed by atoms with van der Waals surface area (Å²) in [5, 5.41) is 17.4. The van der Waals surface area contributed by atoms with Crippen molar-refractivity contribution in [1.82, 2.24) is 25.9 Å². The van der Waals surface area contributed by atoms with Crippen LogP contribution in [0.2, 0.25) is 19.6 Å². The second-order valence-corrected chi connectivity index (χ2v) is 13.8. The standard InChI is InChI=1S/C23H16FN5O2.C3H9N3Si/c1-25-23(30)20-18-12-15(14-3-2-4-16(11-14)22-26-28-29-27-22)7-10-19(18)31-21(20)13-5-8-17(24)9-6-13;1-7(2,3)6-5-4/h2-12H,1H3,(H,25,30)(H,26,27,28,29);1-3H3. The Bertz CT molecular complexity index is 1620. The lowest BCUT2D eigenvalue weighted by Gasteiger charge is -2.05. The van der Waals surface area contributed by atoms with Crippen molar-refractivity contribution < 1.29 is 13.6 Å². The zero-order valence-corrected chi connectivity index (χ0v) is 22.2. The van der Waals surface area contributed by atoms with Crippen molar-refractivity contribution in [3.05, 3.63) is 88.6 Å². The number of halogens is 1. The number of hydrogen-bond donors (Lipinski definition) is 2. The first-order valence-electron chi connectivity index (χ1n) is 11.7. The van der Waals surface area contributed by atoms with E-state index in [-0.39, 0.29) is 11.7 Å². The number of furan rings is 1. The summed E-state index contributed by atoms with van der Waals surface area (Å²) in [6.07, 6.45) is 0. The smallest absolute Gasteiger partial charge is 0.255 e. The highest BCUT2D eigenvalue weighted by atomic mass is 28.3. The van der Waals surface area contributed by atoms with Gasteiger partial charge in [-0.15, -0.1) is 15.0 Å². The van der Waals surface area contributed by atoms with Gasteiger partial charge in [-0.1, -0.05) is 43.9 Å². The van der Waals surface area contributed by atoms with E-state index in [1.165, 1.54) is 12.1 Å². The van der Waals surface area contributed by atoms with Crippen LogP contribution >= 0.6 is 0 Å². The Balaban J connectivity index is 0.000000426. The summed E-state index contributed by atoms with van der Waals surface area (Å²) in [5.74, 6) is 0.254.